The van der Waals surface area contributed by atoms with Gasteiger partial charge in [0.2, 0.25) is 0 Å². The van der Waals surface area contributed by atoms with Crippen molar-refractivity contribution in [1.29, 1.82) is 0 Å². The molecule has 1 aromatic carbocycles. The molecule has 0 radical (unpaired) electrons. The standard InChI is InChI=1S/C17H24N2O/c1-12-17-16-14(9-6-10-15(16)20-18(17)2)19(12)11-13-7-4-3-5-8-13/h3-5,7-8,12,14-17H,6,9-11H2,1-2H3/t12-,14+,15-,16+,17-/m0/s1. The number of hydrogen-bond donors (Lipinski definition) is 0. The Labute approximate surface area is 121 Å². The normalized spacial score (nSPS) is 41.0. The first kappa shape index (κ1) is 12.8. The van der Waals surface area contributed by atoms with Gasteiger partial charge in [-0.1, -0.05) is 30.3 Å². The van der Waals surface area contributed by atoms with Gasteiger partial charge in [0.25, 0.3) is 0 Å². The van der Waals surface area contributed by atoms with Crippen molar-refractivity contribution in [3.8, 4) is 0 Å². The van der Waals surface area contributed by atoms with Crippen molar-refractivity contribution >= 4 is 0 Å². The number of likely N-dealkylation sites (N-methyl/N-ethyl adjacent to an activating group) is 1. The van der Waals surface area contributed by atoms with E-state index in [9.17, 15) is 0 Å². The summed E-state index contributed by atoms with van der Waals surface area (Å²) in [5.74, 6) is 0.715. The molecule has 108 valence electrons. The largest absolute Gasteiger partial charge is 0.295 e. The van der Waals surface area contributed by atoms with Crippen LogP contribution >= 0.6 is 0 Å². The van der Waals surface area contributed by atoms with E-state index >= 15 is 0 Å². The Morgan fingerprint density at radius 3 is 2.80 bits per heavy atom. The van der Waals surface area contributed by atoms with Gasteiger partial charge in [0.05, 0.1) is 12.1 Å². The molecule has 3 nitrogen and oxygen atoms in total. The van der Waals surface area contributed by atoms with Gasteiger partial charge >= 0.3 is 0 Å². The van der Waals surface area contributed by atoms with E-state index in [1.165, 1.54) is 24.8 Å². The summed E-state index contributed by atoms with van der Waals surface area (Å²) < 4.78 is 0. The monoisotopic (exact) mass is 272 g/mol. The fourth-order valence-electron chi connectivity index (χ4n) is 4.82. The maximum Gasteiger partial charge on any atom is 0.0852 e. The number of likely N-dealkylation sites (tertiary alicyclic amines) is 1. The molecule has 0 amide bonds. The van der Waals surface area contributed by atoms with E-state index in [2.05, 4.69) is 54.3 Å². The quantitative estimate of drug-likeness (QED) is 0.823. The average Bonchev–Trinajstić information content (AvgIpc) is 2.94. The SMILES string of the molecule is C[C@H]1[C@H]2[C@H]3[C@H](CCC[C@H]3N1Cc1ccccc1)ON2C. The molecule has 5 atom stereocenters. The zero-order chi connectivity index (χ0) is 13.7. The molecule has 4 rings (SSSR count). The highest BCUT2D eigenvalue weighted by atomic mass is 16.7. The molecule has 1 saturated carbocycles. The van der Waals surface area contributed by atoms with Crippen LogP contribution in [0.3, 0.4) is 0 Å². The minimum Gasteiger partial charge on any atom is -0.295 e. The third-order valence-corrected chi connectivity index (χ3v) is 5.63. The third-order valence-electron chi connectivity index (χ3n) is 5.63. The molecular formula is C17H24N2O. The van der Waals surface area contributed by atoms with Gasteiger partial charge < -0.3 is 0 Å². The van der Waals surface area contributed by atoms with Gasteiger partial charge in [-0.3, -0.25) is 9.74 Å². The lowest BCUT2D eigenvalue weighted by atomic mass is 9.80. The Balaban J connectivity index is 1.61. The third kappa shape index (κ3) is 1.84. The fraction of sp³-hybridized carbons (Fsp3) is 0.647. The van der Waals surface area contributed by atoms with Crippen molar-refractivity contribution < 1.29 is 4.84 Å². The maximum atomic E-state index is 6.07. The van der Waals surface area contributed by atoms with Crippen LogP contribution in [0, 0.1) is 5.92 Å². The summed E-state index contributed by atoms with van der Waals surface area (Å²) in [6.07, 6.45) is 4.36. The number of hydroxylamine groups is 2. The molecule has 1 aromatic rings. The van der Waals surface area contributed by atoms with E-state index in [0.29, 0.717) is 30.1 Å². The maximum absolute atomic E-state index is 6.07. The predicted octanol–water partition coefficient (Wildman–Crippen LogP) is 2.67. The van der Waals surface area contributed by atoms with Crippen LogP contribution in [-0.4, -0.2) is 41.2 Å². The van der Waals surface area contributed by atoms with Crippen molar-refractivity contribution in [3.05, 3.63) is 35.9 Å². The number of nitrogens with zero attached hydrogens (tertiary/aromatic N) is 2. The molecule has 3 heteroatoms. The summed E-state index contributed by atoms with van der Waals surface area (Å²) in [4.78, 5) is 8.81. The Hall–Kier alpha value is -0.900. The zero-order valence-electron chi connectivity index (χ0n) is 12.4. The molecule has 20 heavy (non-hydrogen) atoms. The fourth-order valence-corrected chi connectivity index (χ4v) is 4.82. The molecular weight excluding hydrogens is 248 g/mol. The van der Waals surface area contributed by atoms with Crippen LogP contribution in [-0.2, 0) is 11.4 Å². The Kier molecular flexibility index (Phi) is 3.09. The van der Waals surface area contributed by atoms with Gasteiger partial charge in [0.1, 0.15) is 0 Å². The topological polar surface area (TPSA) is 15.7 Å². The van der Waals surface area contributed by atoms with E-state index in [0.717, 1.165) is 6.54 Å². The van der Waals surface area contributed by atoms with Gasteiger partial charge in [-0.05, 0) is 31.7 Å². The lowest BCUT2D eigenvalue weighted by molar-refractivity contribution is -0.163. The highest BCUT2D eigenvalue weighted by Crippen LogP contribution is 2.47. The lowest BCUT2D eigenvalue weighted by Gasteiger charge is -2.36. The summed E-state index contributed by atoms with van der Waals surface area (Å²) in [7, 11) is 2.13. The Morgan fingerprint density at radius 1 is 1.20 bits per heavy atom. The van der Waals surface area contributed by atoms with Crippen molar-refractivity contribution in [2.24, 2.45) is 5.92 Å². The van der Waals surface area contributed by atoms with E-state index in [-0.39, 0.29) is 0 Å². The van der Waals surface area contributed by atoms with Gasteiger partial charge in [0, 0.05) is 31.6 Å². The molecule has 3 aliphatic rings. The summed E-state index contributed by atoms with van der Waals surface area (Å²) in [5.41, 5.74) is 1.44. The highest BCUT2D eigenvalue weighted by molar-refractivity contribution is 5.17. The molecule has 0 unspecified atom stereocenters. The predicted molar refractivity (Wildman–Crippen MR) is 79.0 cm³/mol. The summed E-state index contributed by atoms with van der Waals surface area (Å²) in [6, 6.07) is 12.8. The number of rotatable bonds is 2. The smallest absolute Gasteiger partial charge is 0.0852 e. The number of benzene rings is 1. The van der Waals surface area contributed by atoms with Crippen LogP contribution in [0.1, 0.15) is 31.7 Å². The van der Waals surface area contributed by atoms with E-state index in [1.807, 2.05) is 0 Å². The van der Waals surface area contributed by atoms with E-state index in [4.69, 9.17) is 4.84 Å². The first-order chi connectivity index (χ1) is 9.75. The van der Waals surface area contributed by atoms with Gasteiger partial charge in [-0.25, -0.2) is 0 Å². The molecule has 0 aromatic heterocycles. The molecule has 0 spiro atoms. The van der Waals surface area contributed by atoms with Crippen molar-refractivity contribution in [2.75, 3.05) is 7.05 Å². The summed E-state index contributed by atoms with van der Waals surface area (Å²) in [6.45, 7) is 3.47. The van der Waals surface area contributed by atoms with Gasteiger partial charge in [0.15, 0.2) is 0 Å². The molecule has 3 fully saturated rings. The molecule has 1 aliphatic carbocycles. The molecule has 0 N–H and O–H groups in total. The van der Waals surface area contributed by atoms with Crippen LogP contribution in [0.15, 0.2) is 30.3 Å². The van der Waals surface area contributed by atoms with Crippen LogP contribution in [0.2, 0.25) is 0 Å². The highest BCUT2D eigenvalue weighted by Gasteiger charge is 2.57. The first-order valence-electron chi connectivity index (χ1n) is 7.95. The van der Waals surface area contributed by atoms with Crippen LogP contribution < -0.4 is 0 Å². The van der Waals surface area contributed by atoms with E-state index < -0.39 is 0 Å². The zero-order valence-corrected chi connectivity index (χ0v) is 12.4. The lowest BCUT2D eigenvalue weighted by Crippen LogP contribution is -2.42. The van der Waals surface area contributed by atoms with Crippen LogP contribution in [0.25, 0.3) is 0 Å². The second kappa shape index (κ2) is 4.83. The van der Waals surface area contributed by atoms with Crippen molar-refractivity contribution in [2.45, 2.75) is 57.0 Å². The molecule has 2 aliphatic heterocycles. The van der Waals surface area contributed by atoms with Gasteiger partial charge in [-0.15, -0.1) is 0 Å². The molecule has 2 saturated heterocycles. The second-order valence-corrected chi connectivity index (χ2v) is 6.65. The average molecular weight is 272 g/mol. The Morgan fingerprint density at radius 2 is 2.00 bits per heavy atom. The summed E-state index contributed by atoms with van der Waals surface area (Å²) >= 11 is 0. The summed E-state index contributed by atoms with van der Waals surface area (Å²) in [5, 5.41) is 2.16. The molecule has 2 heterocycles. The number of hydrogen-bond acceptors (Lipinski definition) is 3. The second-order valence-electron chi connectivity index (χ2n) is 6.65. The minimum atomic E-state index is 0.465. The van der Waals surface area contributed by atoms with Gasteiger partial charge in [-0.2, -0.15) is 5.06 Å². The van der Waals surface area contributed by atoms with Crippen LogP contribution in [0.5, 0.6) is 0 Å². The Bertz CT molecular complexity index is 477. The van der Waals surface area contributed by atoms with E-state index in [1.54, 1.807) is 0 Å². The first-order valence-corrected chi connectivity index (χ1v) is 7.95. The van der Waals surface area contributed by atoms with Crippen molar-refractivity contribution in [1.82, 2.24) is 9.96 Å². The van der Waals surface area contributed by atoms with Crippen molar-refractivity contribution in [3.63, 3.8) is 0 Å². The molecule has 0 bridgehead atoms. The van der Waals surface area contributed by atoms with Crippen LogP contribution in [0.4, 0.5) is 0 Å². The minimum absolute atomic E-state index is 0.465.